The van der Waals surface area contributed by atoms with Gasteiger partial charge >= 0.3 is 0 Å². The molecule has 1 atom stereocenters. The highest BCUT2D eigenvalue weighted by atomic mass is 32.1. The first kappa shape index (κ1) is 14.0. The van der Waals surface area contributed by atoms with Crippen molar-refractivity contribution >= 4 is 11.3 Å². The average Bonchev–Trinajstić information content (AvgIpc) is 2.98. The van der Waals surface area contributed by atoms with Crippen molar-refractivity contribution in [3.05, 3.63) is 21.9 Å². The van der Waals surface area contributed by atoms with Gasteiger partial charge in [0.15, 0.2) is 0 Å². The molecular formula is C14H24N2OS. The maximum Gasteiger partial charge on any atom is 0.0503 e. The summed E-state index contributed by atoms with van der Waals surface area (Å²) < 4.78 is 5.24. The zero-order valence-electron chi connectivity index (χ0n) is 11.4. The number of ether oxygens (including phenoxy) is 1. The molecule has 0 aliphatic carbocycles. The van der Waals surface area contributed by atoms with E-state index in [4.69, 9.17) is 4.74 Å². The first-order valence-electron chi connectivity index (χ1n) is 6.81. The van der Waals surface area contributed by atoms with Gasteiger partial charge in [-0.1, -0.05) is 6.92 Å². The lowest BCUT2D eigenvalue weighted by molar-refractivity contribution is 0.153. The molecule has 1 N–H and O–H groups in total. The van der Waals surface area contributed by atoms with E-state index >= 15 is 0 Å². The summed E-state index contributed by atoms with van der Waals surface area (Å²) >= 11 is 1.94. The van der Waals surface area contributed by atoms with E-state index in [1.165, 1.54) is 29.3 Å². The standard InChI is InChI=1S/C14H24N2OS/c1-3-15-8-13-4-5-14(18-13)10-16-7-6-12(9-16)11-17-2/h4-5,12,15H,3,6-11H2,1-2H3. The minimum absolute atomic E-state index is 0.733. The van der Waals surface area contributed by atoms with E-state index in [2.05, 4.69) is 29.3 Å². The van der Waals surface area contributed by atoms with Gasteiger partial charge in [-0.05, 0) is 37.6 Å². The number of nitrogens with one attached hydrogen (secondary N) is 1. The summed E-state index contributed by atoms with van der Waals surface area (Å²) in [6.45, 7) is 8.62. The van der Waals surface area contributed by atoms with Crippen LogP contribution in [0.2, 0.25) is 0 Å². The molecule has 1 aromatic rings. The Kier molecular flexibility index (Phi) is 5.63. The molecule has 18 heavy (non-hydrogen) atoms. The van der Waals surface area contributed by atoms with Crippen molar-refractivity contribution in [1.29, 1.82) is 0 Å². The van der Waals surface area contributed by atoms with Crippen LogP contribution in [-0.2, 0) is 17.8 Å². The van der Waals surface area contributed by atoms with E-state index in [-0.39, 0.29) is 0 Å². The molecule has 0 amide bonds. The van der Waals surface area contributed by atoms with E-state index in [9.17, 15) is 0 Å². The van der Waals surface area contributed by atoms with Crippen molar-refractivity contribution in [3.63, 3.8) is 0 Å². The Balaban J connectivity index is 1.77. The summed E-state index contributed by atoms with van der Waals surface area (Å²) in [5, 5.41) is 3.38. The molecular weight excluding hydrogens is 244 g/mol. The molecule has 0 saturated carbocycles. The van der Waals surface area contributed by atoms with Crippen LogP contribution in [0.4, 0.5) is 0 Å². The lowest BCUT2D eigenvalue weighted by Crippen LogP contribution is -2.20. The summed E-state index contributed by atoms with van der Waals surface area (Å²) in [4.78, 5) is 5.48. The van der Waals surface area contributed by atoms with Gasteiger partial charge in [0.2, 0.25) is 0 Å². The number of hydrogen-bond donors (Lipinski definition) is 1. The lowest BCUT2D eigenvalue weighted by Gasteiger charge is -2.14. The second-order valence-corrected chi connectivity index (χ2v) is 6.25. The second-order valence-electron chi connectivity index (χ2n) is 4.99. The van der Waals surface area contributed by atoms with Crippen LogP contribution in [0.1, 0.15) is 23.1 Å². The van der Waals surface area contributed by atoms with Crippen molar-refractivity contribution in [2.45, 2.75) is 26.4 Å². The molecule has 0 bridgehead atoms. The molecule has 1 aliphatic rings. The van der Waals surface area contributed by atoms with Crippen LogP contribution in [0.15, 0.2) is 12.1 Å². The largest absolute Gasteiger partial charge is 0.384 e. The fourth-order valence-corrected chi connectivity index (χ4v) is 3.53. The van der Waals surface area contributed by atoms with E-state index in [1.54, 1.807) is 7.11 Å². The predicted molar refractivity (Wildman–Crippen MR) is 77.0 cm³/mol. The number of thiophene rings is 1. The van der Waals surface area contributed by atoms with Crippen LogP contribution in [0.25, 0.3) is 0 Å². The van der Waals surface area contributed by atoms with Crippen molar-refractivity contribution in [2.75, 3.05) is 33.4 Å². The van der Waals surface area contributed by atoms with Crippen LogP contribution in [-0.4, -0.2) is 38.3 Å². The van der Waals surface area contributed by atoms with E-state index in [0.29, 0.717) is 0 Å². The van der Waals surface area contributed by atoms with E-state index in [1.807, 2.05) is 11.3 Å². The van der Waals surface area contributed by atoms with Gasteiger partial charge < -0.3 is 10.1 Å². The highest BCUT2D eigenvalue weighted by molar-refractivity contribution is 7.11. The molecule has 0 radical (unpaired) electrons. The van der Waals surface area contributed by atoms with Crippen LogP contribution in [0, 0.1) is 5.92 Å². The van der Waals surface area contributed by atoms with Crippen molar-refractivity contribution < 1.29 is 4.74 Å². The third-order valence-corrected chi connectivity index (χ3v) is 4.49. The van der Waals surface area contributed by atoms with Gasteiger partial charge in [-0.25, -0.2) is 0 Å². The number of nitrogens with zero attached hydrogens (tertiary/aromatic N) is 1. The smallest absolute Gasteiger partial charge is 0.0503 e. The second kappa shape index (κ2) is 7.24. The third kappa shape index (κ3) is 4.05. The van der Waals surface area contributed by atoms with Crippen LogP contribution < -0.4 is 5.32 Å². The SMILES string of the molecule is CCNCc1ccc(CN2CCC(COC)C2)s1. The number of likely N-dealkylation sites (tertiary alicyclic amines) is 1. The van der Waals surface area contributed by atoms with E-state index in [0.717, 1.165) is 32.2 Å². The number of methoxy groups -OCH3 is 1. The van der Waals surface area contributed by atoms with E-state index < -0.39 is 0 Å². The van der Waals surface area contributed by atoms with Crippen molar-refractivity contribution in [3.8, 4) is 0 Å². The van der Waals surface area contributed by atoms with Crippen LogP contribution >= 0.6 is 11.3 Å². The minimum Gasteiger partial charge on any atom is -0.384 e. The van der Waals surface area contributed by atoms with Gasteiger partial charge in [0.25, 0.3) is 0 Å². The monoisotopic (exact) mass is 268 g/mol. The quantitative estimate of drug-likeness (QED) is 0.821. The van der Waals surface area contributed by atoms with Gasteiger partial charge in [-0.3, -0.25) is 4.90 Å². The fraction of sp³-hybridized carbons (Fsp3) is 0.714. The average molecular weight is 268 g/mol. The maximum absolute atomic E-state index is 5.24. The van der Waals surface area contributed by atoms with Crippen molar-refractivity contribution in [1.82, 2.24) is 10.2 Å². The molecule has 3 nitrogen and oxygen atoms in total. The minimum atomic E-state index is 0.733. The summed E-state index contributed by atoms with van der Waals surface area (Å²) in [7, 11) is 1.80. The lowest BCUT2D eigenvalue weighted by atomic mass is 10.1. The highest BCUT2D eigenvalue weighted by Crippen LogP contribution is 2.23. The molecule has 1 aliphatic heterocycles. The Morgan fingerprint density at radius 1 is 1.44 bits per heavy atom. The Bertz CT molecular complexity index is 353. The van der Waals surface area contributed by atoms with Crippen LogP contribution in [0.5, 0.6) is 0 Å². The fourth-order valence-electron chi connectivity index (χ4n) is 2.50. The maximum atomic E-state index is 5.24. The van der Waals surface area contributed by atoms with Gasteiger partial charge in [0.05, 0.1) is 6.61 Å². The Labute approximate surface area is 114 Å². The molecule has 1 aromatic heterocycles. The summed E-state index contributed by atoms with van der Waals surface area (Å²) in [6.07, 6.45) is 1.28. The molecule has 0 spiro atoms. The molecule has 4 heteroatoms. The zero-order chi connectivity index (χ0) is 12.8. The number of rotatable bonds is 7. The molecule has 1 saturated heterocycles. The summed E-state index contributed by atoms with van der Waals surface area (Å²) in [5.41, 5.74) is 0. The van der Waals surface area contributed by atoms with Crippen LogP contribution in [0.3, 0.4) is 0 Å². The van der Waals surface area contributed by atoms with Gasteiger partial charge in [-0.2, -0.15) is 0 Å². The van der Waals surface area contributed by atoms with Crippen molar-refractivity contribution in [2.24, 2.45) is 5.92 Å². The molecule has 2 heterocycles. The first-order valence-corrected chi connectivity index (χ1v) is 7.63. The third-order valence-electron chi connectivity index (χ3n) is 3.42. The Morgan fingerprint density at radius 2 is 2.28 bits per heavy atom. The topological polar surface area (TPSA) is 24.5 Å². The van der Waals surface area contributed by atoms with Gasteiger partial charge in [0.1, 0.15) is 0 Å². The van der Waals surface area contributed by atoms with Gasteiger partial charge in [0, 0.05) is 36.5 Å². The molecule has 1 unspecified atom stereocenters. The normalized spacial score (nSPS) is 20.7. The highest BCUT2D eigenvalue weighted by Gasteiger charge is 2.22. The zero-order valence-corrected chi connectivity index (χ0v) is 12.3. The Morgan fingerprint density at radius 3 is 3.06 bits per heavy atom. The first-order chi connectivity index (χ1) is 8.81. The molecule has 1 fully saturated rings. The molecule has 0 aromatic carbocycles. The number of hydrogen-bond acceptors (Lipinski definition) is 4. The summed E-state index contributed by atoms with van der Waals surface area (Å²) in [6, 6.07) is 4.53. The molecule has 102 valence electrons. The predicted octanol–water partition coefficient (Wildman–Crippen LogP) is 2.33. The summed E-state index contributed by atoms with van der Waals surface area (Å²) in [5.74, 6) is 0.733. The molecule has 2 rings (SSSR count). The van der Waals surface area contributed by atoms with Gasteiger partial charge in [-0.15, -0.1) is 11.3 Å². The Hall–Kier alpha value is -0.420.